The second-order valence-electron chi connectivity index (χ2n) is 9.85. The van der Waals surface area contributed by atoms with Crippen molar-refractivity contribution in [2.24, 2.45) is 11.3 Å². The summed E-state index contributed by atoms with van der Waals surface area (Å²) in [7, 11) is -1.95. The Hall–Kier alpha value is -1.16. The molecule has 0 saturated heterocycles. The molecule has 0 amide bonds. The Morgan fingerprint density at radius 1 is 1.18 bits per heavy atom. The molecule has 162 valence electrons. The molecule has 0 spiro atoms. The van der Waals surface area contributed by atoms with Gasteiger partial charge in [0.2, 0.25) is 0 Å². The molecule has 0 aliphatic carbocycles. The van der Waals surface area contributed by atoms with Crippen LogP contribution in [0.3, 0.4) is 0 Å². The predicted molar refractivity (Wildman–Crippen MR) is 115 cm³/mol. The van der Waals surface area contributed by atoms with Gasteiger partial charge in [0.25, 0.3) is 0 Å². The van der Waals surface area contributed by atoms with Crippen molar-refractivity contribution in [3.8, 4) is 11.8 Å². The van der Waals surface area contributed by atoms with Crippen LogP contribution in [0.4, 0.5) is 4.39 Å². The highest BCUT2D eigenvalue weighted by molar-refractivity contribution is 6.74. The molecule has 0 radical (unpaired) electrons. The maximum atomic E-state index is 14.2. The number of rotatable bonds is 7. The Bertz CT molecular complexity index is 603. The molecule has 0 fully saturated rings. The Balaban J connectivity index is 4.68. The molecule has 0 bridgehead atoms. The second-order valence-corrected chi connectivity index (χ2v) is 14.6. The van der Waals surface area contributed by atoms with Gasteiger partial charge in [-0.1, -0.05) is 39.5 Å². The highest BCUT2D eigenvalue weighted by Crippen LogP contribution is 2.38. The van der Waals surface area contributed by atoms with Crippen LogP contribution in [0.5, 0.6) is 0 Å². The van der Waals surface area contributed by atoms with Crippen molar-refractivity contribution in [1.29, 1.82) is 0 Å². The van der Waals surface area contributed by atoms with Gasteiger partial charge in [0.1, 0.15) is 12.4 Å². The molecule has 0 aromatic rings. The second kappa shape index (κ2) is 10.6. The zero-order valence-electron chi connectivity index (χ0n) is 19.3. The number of aliphatic hydroxyl groups is 1. The lowest BCUT2D eigenvalue weighted by Gasteiger charge is -2.39. The van der Waals surface area contributed by atoms with E-state index in [0.29, 0.717) is 0 Å². The first kappa shape index (κ1) is 26.8. The van der Waals surface area contributed by atoms with Crippen molar-refractivity contribution >= 4 is 14.3 Å². The van der Waals surface area contributed by atoms with Crippen molar-refractivity contribution in [2.75, 3.05) is 6.61 Å². The minimum absolute atomic E-state index is 0.0741. The van der Waals surface area contributed by atoms with Crippen LogP contribution < -0.4 is 0 Å². The lowest BCUT2D eigenvalue weighted by molar-refractivity contribution is -0.152. The van der Waals surface area contributed by atoms with Crippen LogP contribution in [0.2, 0.25) is 18.1 Å². The van der Waals surface area contributed by atoms with Gasteiger partial charge in [-0.15, -0.1) is 0 Å². The van der Waals surface area contributed by atoms with E-state index in [1.54, 1.807) is 20.8 Å². The molecular weight excluding hydrogens is 375 g/mol. The minimum Gasteiger partial charge on any atom is -0.464 e. The molecule has 28 heavy (non-hydrogen) atoms. The summed E-state index contributed by atoms with van der Waals surface area (Å²) in [6.45, 7) is 20.0. The van der Waals surface area contributed by atoms with Gasteiger partial charge in [-0.2, -0.15) is 0 Å². The van der Waals surface area contributed by atoms with E-state index in [-0.39, 0.29) is 36.1 Å². The SMILES string of the molecule is C[C@H](/C=C(/F)[C@@H](O)C#CCCOC(=O)C(C)(C)C)[C@H](C)O[Si](C)(C)C(C)(C)C. The van der Waals surface area contributed by atoms with Crippen LogP contribution >= 0.6 is 0 Å². The minimum atomic E-state index is -1.95. The molecule has 1 N–H and O–H groups in total. The third-order valence-electron chi connectivity index (χ3n) is 5.02. The Morgan fingerprint density at radius 3 is 2.18 bits per heavy atom. The van der Waals surface area contributed by atoms with Gasteiger partial charge < -0.3 is 14.3 Å². The third kappa shape index (κ3) is 9.36. The molecule has 0 aliphatic heterocycles. The Kier molecular flexibility index (Phi) is 10.1. The molecule has 0 aliphatic rings. The largest absolute Gasteiger partial charge is 0.464 e. The van der Waals surface area contributed by atoms with E-state index in [2.05, 4.69) is 45.7 Å². The van der Waals surface area contributed by atoms with Crippen LogP contribution in [-0.2, 0) is 14.0 Å². The fraction of sp³-hybridized carbons (Fsp3) is 0.773. The molecule has 0 unspecified atom stereocenters. The van der Waals surface area contributed by atoms with Crippen molar-refractivity contribution in [1.82, 2.24) is 0 Å². The average Bonchev–Trinajstić information content (AvgIpc) is 2.51. The predicted octanol–water partition coefficient (Wildman–Crippen LogP) is 5.23. The molecule has 6 heteroatoms. The number of carbonyl (C=O) groups excluding carboxylic acids is 1. The maximum Gasteiger partial charge on any atom is 0.311 e. The highest BCUT2D eigenvalue weighted by Gasteiger charge is 2.39. The molecule has 4 nitrogen and oxygen atoms in total. The standard InChI is InChI=1S/C22H39FO4Si/c1-16(17(2)27-28(9,10)22(6,7)8)15-18(23)19(24)13-11-12-14-26-20(25)21(3,4)5/h15-17,19,24H,12,14H2,1-10H3/b18-15+/t16-,17+,19+/m1/s1. The Morgan fingerprint density at radius 2 is 1.71 bits per heavy atom. The van der Waals surface area contributed by atoms with Crippen molar-refractivity contribution in [3.05, 3.63) is 11.9 Å². The van der Waals surface area contributed by atoms with Gasteiger partial charge in [0, 0.05) is 18.4 Å². The van der Waals surface area contributed by atoms with E-state index in [1.807, 2.05) is 13.8 Å². The van der Waals surface area contributed by atoms with E-state index in [4.69, 9.17) is 9.16 Å². The fourth-order valence-electron chi connectivity index (χ4n) is 1.88. The lowest BCUT2D eigenvalue weighted by atomic mass is 9.97. The van der Waals surface area contributed by atoms with Gasteiger partial charge in [-0.25, -0.2) is 4.39 Å². The summed E-state index contributed by atoms with van der Waals surface area (Å²) >= 11 is 0. The van der Waals surface area contributed by atoms with Crippen molar-refractivity contribution < 1.29 is 23.5 Å². The first-order valence-electron chi connectivity index (χ1n) is 9.87. The van der Waals surface area contributed by atoms with Gasteiger partial charge in [-0.05, 0) is 51.9 Å². The normalized spacial score (nSPS) is 16.6. The molecule has 0 saturated carbocycles. The molecule has 0 aromatic heterocycles. The summed E-state index contributed by atoms with van der Waals surface area (Å²) in [5, 5.41) is 9.97. The van der Waals surface area contributed by atoms with Crippen LogP contribution in [0, 0.1) is 23.2 Å². The summed E-state index contributed by atoms with van der Waals surface area (Å²) in [5.74, 6) is 3.91. The van der Waals surface area contributed by atoms with Crippen molar-refractivity contribution in [2.45, 2.75) is 92.2 Å². The van der Waals surface area contributed by atoms with Crippen LogP contribution in [0.25, 0.3) is 0 Å². The number of ether oxygens (including phenoxy) is 1. The quantitative estimate of drug-likeness (QED) is 0.268. The van der Waals surface area contributed by atoms with E-state index in [1.165, 1.54) is 6.08 Å². The van der Waals surface area contributed by atoms with Gasteiger partial charge in [0.05, 0.1) is 5.41 Å². The third-order valence-corrected chi connectivity index (χ3v) is 9.60. The summed E-state index contributed by atoms with van der Waals surface area (Å²) in [6, 6.07) is 0. The average molecular weight is 415 g/mol. The smallest absolute Gasteiger partial charge is 0.311 e. The summed E-state index contributed by atoms with van der Waals surface area (Å²) < 4.78 is 25.6. The van der Waals surface area contributed by atoms with Gasteiger partial charge >= 0.3 is 5.97 Å². The number of aliphatic hydroxyl groups excluding tert-OH is 1. The maximum absolute atomic E-state index is 14.2. The first-order valence-corrected chi connectivity index (χ1v) is 12.8. The van der Waals surface area contributed by atoms with E-state index < -0.39 is 25.7 Å². The van der Waals surface area contributed by atoms with Crippen LogP contribution in [-0.4, -0.2) is 38.2 Å². The summed E-state index contributed by atoms with van der Waals surface area (Å²) in [5.41, 5.74) is -0.568. The number of hydrogen-bond acceptors (Lipinski definition) is 4. The van der Waals surface area contributed by atoms with E-state index >= 15 is 0 Å². The highest BCUT2D eigenvalue weighted by atomic mass is 28.4. The summed E-state index contributed by atoms with van der Waals surface area (Å²) in [4.78, 5) is 11.6. The van der Waals surface area contributed by atoms with Gasteiger partial charge in [0.15, 0.2) is 14.4 Å². The van der Waals surface area contributed by atoms with Gasteiger partial charge in [-0.3, -0.25) is 4.79 Å². The van der Waals surface area contributed by atoms with E-state index in [9.17, 15) is 14.3 Å². The number of hydrogen-bond donors (Lipinski definition) is 1. The van der Waals surface area contributed by atoms with Crippen LogP contribution in [0.1, 0.15) is 61.8 Å². The molecular formula is C22H39FO4Si. The number of carbonyl (C=O) groups is 1. The van der Waals surface area contributed by atoms with E-state index in [0.717, 1.165) is 0 Å². The fourth-order valence-corrected chi connectivity index (χ4v) is 3.37. The first-order chi connectivity index (χ1) is 12.5. The topological polar surface area (TPSA) is 55.8 Å². The Labute approximate surface area is 172 Å². The molecule has 3 atom stereocenters. The molecule has 0 aromatic carbocycles. The lowest BCUT2D eigenvalue weighted by Crippen LogP contribution is -2.44. The monoisotopic (exact) mass is 414 g/mol. The summed E-state index contributed by atoms with van der Waals surface area (Å²) in [6.07, 6.45) is -0.0342. The molecule has 0 rings (SSSR count). The zero-order chi connectivity index (χ0) is 22.3. The van der Waals surface area contributed by atoms with Crippen LogP contribution in [0.15, 0.2) is 11.9 Å². The molecule has 0 heterocycles. The number of esters is 1. The number of halogens is 1. The zero-order valence-corrected chi connectivity index (χ0v) is 20.3. The van der Waals surface area contributed by atoms with Crippen molar-refractivity contribution in [3.63, 3.8) is 0 Å².